The van der Waals surface area contributed by atoms with Crippen LogP contribution < -0.4 is 10.1 Å². The molecule has 1 aliphatic carbocycles. The van der Waals surface area contributed by atoms with Gasteiger partial charge in [0.2, 0.25) is 0 Å². The third-order valence-corrected chi connectivity index (χ3v) is 9.72. The second-order valence-electron chi connectivity index (χ2n) is 11.8. The predicted octanol–water partition coefficient (Wildman–Crippen LogP) is 6.55. The second-order valence-corrected chi connectivity index (χ2v) is 12.8. The number of amides is 1. The number of aromatic nitrogens is 2. The average molecular weight is 595 g/mol. The highest BCUT2D eigenvalue weighted by atomic mass is 32.1. The number of rotatable bonds is 10. The molecule has 3 aliphatic rings. The summed E-state index contributed by atoms with van der Waals surface area (Å²) in [6.45, 7) is 4.25. The Morgan fingerprint density at radius 1 is 1.14 bits per heavy atom. The number of likely N-dealkylation sites (tertiary alicyclic amines) is 1. The van der Waals surface area contributed by atoms with Crippen LogP contribution in [0.1, 0.15) is 67.0 Å². The lowest BCUT2D eigenvalue weighted by Crippen LogP contribution is -2.36. The molecule has 7 rings (SSSR count). The molecule has 0 unspecified atom stereocenters. The SMILES string of the molecule is O=C(NCCCN1CCC(F)CC1)c1ccc2c(sc3nc(-c4ccc([C@@H]5CCCO5)cc4F)cn32)c1OCC1CC1. The van der Waals surface area contributed by atoms with Crippen molar-refractivity contribution in [2.45, 2.75) is 57.2 Å². The van der Waals surface area contributed by atoms with Gasteiger partial charge < -0.3 is 19.7 Å². The van der Waals surface area contributed by atoms with E-state index in [0.29, 0.717) is 59.4 Å². The number of thiazole rings is 1. The van der Waals surface area contributed by atoms with E-state index in [9.17, 15) is 9.18 Å². The second kappa shape index (κ2) is 11.9. The van der Waals surface area contributed by atoms with Crippen molar-refractivity contribution in [3.8, 4) is 17.0 Å². The van der Waals surface area contributed by atoms with Crippen molar-refractivity contribution < 1.29 is 23.0 Å². The minimum absolute atomic E-state index is 0.0383. The quantitative estimate of drug-likeness (QED) is 0.211. The summed E-state index contributed by atoms with van der Waals surface area (Å²) in [5.74, 6) is 0.648. The molecule has 2 aromatic heterocycles. The zero-order valence-electron chi connectivity index (χ0n) is 23.6. The van der Waals surface area contributed by atoms with Crippen LogP contribution >= 0.6 is 11.3 Å². The molecule has 0 spiro atoms. The van der Waals surface area contributed by atoms with E-state index < -0.39 is 6.17 Å². The molecule has 1 N–H and O–H groups in total. The molecule has 1 amide bonds. The van der Waals surface area contributed by atoms with Crippen molar-refractivity contribution in [2.24, 2.45) is 5.92 Å². The maximum absolute atomic E-state index is 15.2. The molecular formula is C32H36F2N4O3S. The van der Waals surface area contributed by atoms with Crippen LogP contribution in [0, 0.1) is 11.7 Å². The van der Waals surface area contributed by atoms with E-state index in [4.69, 9.17) is 14.5 Å². The molecule has 0 radical (unpaired) electrons. The number of hydrogen-bond acceptors (Lipinski definition) is 6. The Balaban J connectivity index is 1.11. The van der Waals surface area contributed by atoms with Gasteiger partial charge in [-0.3, -0.25) is 9.20 Å². The van der Waals surface area contributed by atoms with Gasteiger partial charge in [-0.25, -0.2) is 13.8 Å². The number of imidazole rings is 1. The molecule has 1 atom stereocenters. The molecule has 42 heavy (non-hydrogen) atoms. The van der Waals surface area contributed by atoms with Crippen molar-refractivity contribution in [3.05, 3.63) is 53.5 Å². The smallest absolute Gasteiger partial charge is 0.255 e. The molecule has 3 fully saturated rings. The van der Waals surface area contributed by atoms with Gasteiger partial charge in [-0.05, 0) is 87.2 Å². The summed E-state index contributed by atoms with van der Waals surface area (Å²) in [5.41, 5.74) is 3.28. The minimum Gasteiger partial charge on any atom is -0.491 e. The summed E-state index contributed by atoms with van der Waals surface area (Å²) >= 11 is 1.45. The summed E-state index contributed by atoms with van der Waals surface area (Å²) in [4.78, 5) is 21.0. The van der Waals surface area contributed by atoms with Crippen molar-refractivity contribution in [1.29, 1.82) is 0 Å². The number of benzene rings is 2. The number of halogens is 2. The third-order valence-electron chi connectivity index (χ3n) is 8.65. The van der Waals surface area contributed by atoms with Crippen LogP contribution in [0.15, 0.2) is 36.5 Å². The number of nitrogens with zero attached hydrogens (tertiary/aromatic N) is 3. The van der Waals surface area contributed by atoms with Crippen molar-refractivity contribution >= 4 is 32.4 Å². The van der Waals surface area contributed by atoms with Gasteiger partial charge in [0.1, 0.15) is 12.0 Å². The van der Waals surface area contributed by atoms with Crippen LogP contribution in [0.5, 0.6) is 5.75 Å². The number of ether oxygens (including phenoxy) is 2. The fourth-order valence-corrected chi connectivity index (χ4v) is 7.09. The lowest BCUT2D eigenvalue weighted by atomic mass is 10.0. The molecule has 2 saturated heterocycles. The maximum atomic E-state index is 15.2. The Morgan fingerprint density at radius 2 is 2.00 bits per heavy atom. The van der Waals surface area contributed by atoms with Crippen LogP contribution in [0.2, 0.25) is 0 Å². The highest BCUT2D eigenvalue weighted by molar-refractivity contribution is 7.24. The first-order chi connectivity index (χ1) is 20.5. The number of hydrogen-bond donors (Lipinski definition) is 1. The summed E-state index contributed by atoms with van der Waals surface area (Å²) < 4.78 is 43.4. The fourth-order valence-electron chi connectivity index (χ4n) is 5.98. The van der Waals surface area contributed by atoms with E-state index in [2.05, 4.69) is 10.2 Å². The van der Waals surface area contributed by atoms with Gasteiger partial charge in [-0.1, -0.05) is 17.4 Å². The van der Waals surface area contributed by atoms with Gasteiger partial charge >= 0.3 is 0 Å². The van der Waals surface area contributed by atoms with Gasteiger partial charge in [0.15, 0.2) is 10.7 Å². The zero-order chi connectivity index (χ0) is 28.6. The fraction of sp³-hybridized carbons (Fsp3) is 0.500. The molecule has 2 aromatic carbocycles. The number of piperidine rings is 1. The maximum Gasteiger partial charge on any atom is 0.255 e. The van der Waals surface area contributed by atoms with Crippen molar-refractivity contribution in [2.75, 3.05) is 39.4 Å². The molecule has 10 heteroatoms. The Bertz CT molecular complexity index is 1590. The first kappa shape index (κ1) is 27.7. The first-order valence-corrected chi connectivity index (χ1v) is 16.0. The minimum atomic E-state index is -0.680. The van der Waals surface area contributed by atoms with E-state index in [1.807, 2.05) is 28.8 Å². The zero-order valence-corrected chi connectivity index (χ0v) is 24.4. The molecule has 2 aliphatic heterocycles. The van der Waals surface area contributed by atoms with Crippen LogP contribution in [0.3, 0.4) is 0 Å². The lowest BCUT2D eigenvalue weighted by molar-refractivity contribution is 0.0945. The average Bonchev–Trinajstić information content (AvgIpc) is 3.34. The van der Waals surface area contributed by atoms with E-state index in [-0.39, 0.29) is 17.8 Å². The highest BCUT2D eigenvalue weighted by Crippen LogP contribution is 2.40. The van der Waals surface area contributed by atoms with Gasteiger partial charge in [0.05, 0.1) is 34.2 Å². The molecular weight excluding hydrogens is 558 g/mol. The van der Waals surface area contributed by atoms with Crippen LogP contribution in [-0.2, 0) is 4.74 Å². The highest BCUT2D eigenvalue weighted by Gasteiger charge is 2.26. The van der Waals surface area contributed by atoms with E-state index in [0.717, 1.165) is 74.1 Å². The normalized spacial score (nSPS) is 20.1. The Kier molecular flexibility index (Phi) is 7.85. The number of nitrogens with one attached hydrogen (secondary N) is 1. The summed E-state index contributed by atoms with van der Waals surface area (Å²) in [6.07, 6.45) is 7.33. The van der Waals surface area contributed by atoms with Gasteiger partial charge in [-0.15, -0.1) is 0 Å². The van der Waals surface area contributed by atoms with Crippen LogP contribution in [0.25, 0.3) is 26.4 Å². The number of carbonyl (C=O) groups is 1. The summed E-state index contributed by atoms with van der Waals surface area (Å²) in [5, 5.41) is 3.06. The molecule has 222 valence electrons. The third kappa shape index (κ3) is 5.76. The van der Waals surface area contributed by atoms with E-state index >= 15 is 4.39 Å². The number of carbonyl (C=O) groups excluding carboxylic acids is 1. The van der Waals surface area contributed by atoms with Gasteiger partial charge in [0.25, 0.3) is 5.91 Å². The number of alkyl halides is 1. The van der Waals surface area contributed by atoms with Gasteiger partial charge in [-0.2, -0.15) is 0 Å². The van der Waals surface area contributed by atoms with Gasteiger partial charge in [0, 0.05) is 38.0 Å². The molecule has 1 saturated carbocycles. The van der Waals surface area contributed by atoms with Crippen LogP contribution in [-0.4, -0.2) is 65.8 Å². The number of fused-ring (bicyclic) bond motifs is 3. The van der Waals surface area contributed by atoms with Crippen LogP contribution in [0.4, 0.5) is 8.78 Å². The van der Waals surface area contributed by atoms with E-state index in [1.54, 1.807) is 12.1 Å². The largest absolute Gasteiger partial charge is 0.491 e. The molecule has 4 aromatic rings. The molecule has 4 heterocycles. The standard InChI is InChI=1S/C32H36F2N4O3S/c33-22-10-14-37(15-11-22)13-2-12-35-31(39)24-8-9-27-30(29(24)41-19-20-4-5-20)42-32-36-26(18-38(27)32)23-7-6-21(17-25(23)34)28-3-1-16-40-28/h6-9,17-18,20,22,28H,1-5,10-16,19H2,(H,35,39)/t28-/m0/s1. The Labute approximate surface area is 247 Å². The Morgan fingerprint density at radius 3 is 2.76 bits per heavy atom. The summed E-state index contributed by atoms with van der Waals surface area (Å²) in [6, 6.07) is 9.02. The first-order valence-electron chi connectivity index (χ1n) is 15.2. The monoisotopic (exact) mass is 594 g/mol. The Hall–Kier alpha value is -3.08. The topological polar surface area (TPSA) is 68.1 Å². The predicted molar refractivity (Wildman–Crippen MR) is 160 cm³/mol. The molecule has 0 bridgehead atoms. The lowest BCUT2D eigenvalue weighted by Gasteiger charge is -2.28. The van der Waals surface area contributed by atoms with Crippen molar-refractivity contribution in [3.63, 3.8) is 0 Å². The van der Waals surface area contributed by atoms with E-state index in [1.165, 1.54) is 11.3 Å². The van der Waals surface area contributed by atoms with Crippen molar-refractivity contribution in [1.82, 2.24) is 19.6 Å². The molecule has 7 nitrogen and oxygen atoms in total. The summed E-state index contributed by atoms with van der Waals surface area (Å²) in [7, 11) is 0.